The van der Waals surface area contributed by atoms with Crippen molar-refractivity contribution in [2.24, 2.45) is 15.9 Å². The molecular formula is C25H27ClFN5O3. The Morgan fingerprint density at radius 1 is 1.37 bits per heavy atom. The fourth-order valence-corrected chi connectivity index (χ4v) is 5.28. The zero-order chi connectivity index (χ0) is 24.7. The topological polar surface area (TPSA) is 81.0 Å². The smallest absolute Gasteiger partial charge is 0.246 e. The third-order valence-electron chi connectivity index (χ3n) is 6.63. The molecule has 10 heteroatoms. The number of carbonyl (C=O) groups is 1. The minimum absolute atomic E-state index is 0.0227. The maximum atomic E-state index is 14.7. The molecule has 2 fully saturated rings. The van der Waals surface area contributed by atoms with Gasteiger partial charge >= 0.3 is 0 Å². The van der Waals surface area contributed by atoms with E-state index in [4.69, 9.17) is 16.3 Å². The predicted octanol–water partition coefficient (Wildman–Crippen LogP) is 2.46. The Balaban J connectivity index is 1.44. The van der Waals surface area contributed by atoms with Gasteiger partial charge in [-0.05, 0) is 32.3 Å². The summed E-state index contributed by atoms with van der Waals surface area (Å²) in [6.07, 6.45) is 6.74. The van der Waals surface area contributed by atoms with Gasteiger partial charge in [-0.2, -0.15) is 0 Å². The summed E-state index contributed by atoms with van der Waals surface area (Å²) in [5.41, 5.74) is 0.370. The Bertz CT molecular complexity index is 1170. The number of piperazine rings is 1. The lowest BCUT2D eigenvalue weighted by molar-refractivity contribution is -0.128. The van der Waals surface area contributed by atoms with E-state index in [2.05, 4.69) is 14.9 Å². The molecule has 1 aliphatic carbocycles. The number of rotatable bonds is 4. The summed E-state index contributed by atoms with van der Waals surface area (Å²) in [5, 5.41) is 10.6. The Hall–Kier alpha value is -3.17. The lowest BCUT2D eigenvalue weighted by atomic mass is 9.85. The number of phenolic OH excluding ortho intramolecular Hbond substituents is 1. The first kappa shape index (κ1) is 23.6. The quantitative estimate of drug-likeness (QED) is 0.644. The van der Waals surface area contributed by atoms with E-state index in [0.29, 0.717) is 37.5 Å². The highest BCUT2D eigenvalue weighted by Gasteiger charge is 2.46. The highest BCUT2D eigenvalue weighted by molar-refractivity contribution is 6.38. The maximum Gasteiger partial charge on any atom is 0.246 e. The second kappa shape index (κ2) is 9.47. The highest BCUT2D eigenvalue weighted by atomic mass is 35.5. The lowest BCUT2D eigenvalue weighted by Gasteiger charge is -2.42. The van der Waals surface area contributed by atoms with Gasteiger partial charge in [-0.1, -0.05) is 23.7 Å². The fraction of sp³-hybridized carbons (Fsp3) is 0.400. The molecular weight excluding hydrogens is 473 g/mol. The van der Waals surface area contributed by atoms with Crippen molar-refractivity contribution in [1.29, 1.82) is 0 Å². The molecule has 4 aliphatic rings. The maximum absolute atomic E-state index is 14.7. The molecule has 0 saturated carbocycles. The first-order valence-electron chi connectivity index (χ1n) is 11.5. The number of fused-ring (bicyclic) bond motifs is 2. The largest absolute Gasteiger partial charge is 0.507 e. The van der Waals surface area contributed by atoms with Crippen LogP contribution in [0.15, 0.2) is 57.2 Å². The molecule has 1 amide bonds. The molecule has 3 aliphatic heterocycles. The summed E-state index contributed by atoms with van der Waals surface area (Å²) < 4.78 is 20.9. The van der Waals surface area contributed by atoms with Crippen LogP contribution in [0.3, 0.4) is 0 Å². The number of likely N-dealkylation sites (N-methyl/N-ethyl adjacent to an activating group) is 1. The number of hydrogen-bond acceptors (Lipinski definition) is 7. The van der Waals surface area contributed by atoms with Crippen LogP contribution in [0.5, 0.6) is 5.75 Å². The second-order valence-corrected chi connectivity index (χ2v) is 9.60. The van der Waals surface area contributed by atoms with Crippen LogP contribution in [0.25, 0.3) is 5.57 Å². The van der Waals surface area contributed by atoms with E-state index < -0.39 is 11.9 Å². The number of aromatic hydroxyl groups is 1. The van der Waals surface area contributed by atoms with Gasteiger partial charge in [-0.3, -0.25) is 9.79 Å². The van der Waals surface area contributed by atoms with E-state index >= 15 is 0 Å². The Morgan fingerprint density at radius 2 is 2.20 bits per heavy atom. The van der Waals surface area contributed by atoms with Gasteiger partial charge in [0.05, 0.1) is 22.7 Å². The van der Waals surface area contributed by atoms with Crippen LogP contribution >= 0.6 is 11.6 Å². The zero-order valence-corrected chi connectivity index (χ0v) is 20.3. The average molecular weight is 500 g/mol. The van der Waals surface area contributed by atoms with Crippen molar-refractivity contribution in [3.8, 4) is 5.75 Å². The number of benzene rings is 1. The Morgan fingerprint density at radius 3 is 2.97 bits per heavy atom. The molecule has 2 saturated heterocycles. The van der Waals surface area contributed by atoms with Crippen molar-refractivity contribution in [1.82, 2.24) is 14.7 Å². The van der Waals surface area contributed by atoms with Gasteiger partial charge in [-0.15, -0.1) is 0 Å². The van der Waals surface area contributed by atoms with Gasteiger partial charge in [0.1, 0.15) is 42.0 Å². The van der Waals surface area contributed by atoms with E-state index in [1.807, 2.05) is 30.0 Å². The number of amides is 1. The number of halogens is 2. The number of aliphatic imine (C=N–C) groups is 2. The lowest BCUT2D eigenvalue weighted by Crippen LogP contribution is -2.58. The van der Waals surface area contributed by atoms with Crippen LogP contribution in [0.2, 0.25) is 0 Å². The average Bonchev–Trinajstić information content (AvgIpc) is 2.99. The molecule has 8 nitrogen and oxygen atoms in total. The first-order chi connectivity index (χ1) is 16.8. The molecule has 3 heterocycles. The Kier molecular flexibility index (Phi) is 6.37. The summed E-state index contributed by atoms with van der Waals surface area (Å²) in [6, 6.07) is 3.62. The van der Waals surface area contributed by atoms with Gasteiger partial charge in [0, 0.05) is 37.8 Å². The number of phenols is 1. The van der Waals surface area contributed by atoms with E-state index in [-0.39, 0.29) is 40.8 Å². The molecule has 1 aromatic rings. The Labute approximate surface area is 208 Å². The monoisotopic (exact) mass is 499 g/mol. The standard InChI is InChI=1S/C25H27ClFN5O3/c1-30(2)8-4-7-20(34)31-9-10-32-15(12-31)13-35-24-22-18(28-14-29-25(22)32)11-16(23(24)26)21-17(27)5-3-6-19(21)33/h3-7,11,14-15,18,22,33H,8-10,12-13H2,1-2H3/b7-4+/t15-,18?,22?/m0/s1. The molecule has 35 heavy (non-hydrogen) atoms. The predicted molar refractivity (Wildman–Crippen MR) is 133 cm³/mol. The van der Waals surface area contributed by atoms with Crippen molar-refractivity contribution < 1.29 is 19.0 Å². The summed E-state index contributed by atoms with van der Waals surface area (Å²) in [5.74, 6) is 0.0793. The molecule has 1 aromatic carbocycles. The van der Waals surface area contributed by atoms with Crippen molar-refractivity contribution in [3.05, 3.63) is 58.6 Å². The summed E-state index contributed by atoms with van der Waals surface area (Å²) in [4.78, 5) is 27.8. The van der Waals surface area contributed by atoms with Crippen molar-refractivity contribution in [2.45, 2.75) is 12.1 Å². The van der Waals surface area contributed by atoms with E-state index in [1.54, 1.807) is 12.2 Å². The van der Waals surface area contributed by atoms with Crippen LogP contribution in [0.4, 0.5) is 4.39 Å². The van der Waals surface area contributed by atoms with Gasteiger partial charge in [0.15, 0.2) is 0 Å². The molecule has 0 bridgehead atoms. The number of carbonyl (C=O) groups excluding carboxylic acids is 1. The number of hydrogen-bond donors (Lipinski definition) is 1. The van der Waals surface area contributed by atoms with Crippen LogP contribution in [0.1, 0.15) is 5.56 Å². The molecule has 0 radical (unpaired) electrons. The summed E-state index contributed by atoms with van der Waals surface area (Å²) in [6.45, 7) is 2.63. The van der Waals surface area contributed by atoms with Crippen LogP contribution < -0.4 is 0 Å². The van der Waals surface area contributed by atoms with Crippen molar-refractivity contribution in [2.75, 3.05) is 46.9 Å². The number of nitrogens with zero attached hydrogens (tertiary/aromatic N) is 5. The van der Waals surface area contributed by atoms with Gasteiger partial charge in [-0.25, -0.2) is 9.38 Å². The third kappa shape index (κ3) is 4.34. The first-order valence-corrected chi connectivity index (χ1v) is 11.9. The van der Waals surface area contributed by atoms with Gasteiger partial charge in [0.2, 0.25) is 5.91 Å². The minimum Gasteiger partial charge on any atom is -0.507 e. The number of allylic oxidation sites excluding steroid dienone is 2. The number of amidine groups is 1. The van der Waals surface area contributed by atoms with Crippen molar-refractivity contribution in [3.63, 3.8) is 0 Å². The molecule has 3 atom stereocenters. The van der Waals surface area contributed by atoms with Gasteiger partial charge in [0.25, 0.3) is 0 Å². The molecule has 5 rings (SSSR count). The van der Waals surface area contributed by atoms with E-state index in [1.165, 1.54) is 24.5 Å². The third-order valence-corrected chi connectivity index (χ3v) is 7.02. The molecule has 2 unspecified atom stereocenters. The molecule has 1 N–H and O–H groups in total. The highest BCUT2D eigenvalue weighted by Crippen LogP contribution is 2.45. The molecule has 0 spiro atoms. The van der Waals surface area contributed by atoms with Crippen LogP contribution in [-0.4, -0.2) is 96.9 Å². The second-order valence-electron chi connectivity index (χ2n) is 9.22. The number of ether oxygens (including phenoxy) is 1. The van der Waals surface area contributed by atoms with Crippen LogP contribution in [-0.2, 0) is 9.53 Å². The summed E-state index contributed by atoms with van der Waals surface area (Å²) >= 11 is 6.78. The zero-order valence-electron chi connectivity index (χ0n) is 19.6. The fourth-order valence-electron chi connectivity index (χ4n) is 4.95. The minimum atomic E-state index is -0.579. The summed E-state index contributed by atoms with van der Waals surface area (Å²) in [7, 11) is 3.90. The molecule has 0 aromatic heterocycles. The van der Waals surface area contributed by atoms with E-state index in [9.17, 15) is 14.3 Å². The van der Waals surface area contributed by atoms with Gasteiger partial charge < -0.3 is 24.5 Å². The van der Waals surface area contributed by atoms with E-state index in [0.717, 1.165) is 5.84 Å². The SMILES string of the molecule is CN(C)C/C=C/C(=O)N1CCN2C3=NC=NC4C=C(c5c(O)cccc5F)C(Cl)=C(OC[C@@H]2C1)C34. The molecule has 184 valence electrons. The normalized spacial score (nSPS) is 25.7. The van der Waals surface area contributed by atoms with Crippen molar-refractivity contribution >= 4 is 35.3 Å². The van der Waals surface area contributed by atoms with Crippen LogP contribution in [0, 0.1) is 11.7 Å².